The molecule has 1 N–H and O–H groups in total. The molecule has 0 bridgehead atoms. The molecule has 0 fully saturated rings. The van der Waals surface area contributed by atoms with Crippen LogP contribution < -0.4 is 5.32 Å². The number of imidazole rings is 1. The monoisotopic (exact) mass is 293 g/mol. The second kappa shape index (κ2) is 6.58. The number of nitrogens with zero attached hydrogens (tertiary/aromatic N) is 2. The fourth-order valence-electron chi connectivity index (χ4n) is 2.07. The number of aromatic nitrogens is 2. The Morgan fingerprint density at radius 2 is 2.27 bits per heavy atom. The van der Waals surface area contributed by atoms with Gasteiger partial charge in [-0.1, -0.05) is 12.1 Å². The van der Waals surface area contributed by atoms with Crippen LogP contribution in [-0.4, -0.2) is 15.5 Å². The molecule has 22 heavy (non-hydrogen) atoms. The van der Waals surface area contributed by atoms with Gasteiger partial charge >= 0.3 is 0 Å². The molecule has 2 heterocycles. The van der Waals surface area contributed by atoms with Gasteiger partial charge in [-0.25, -0.2) is 4.98 Å². The zero-order valence-electron chi connectivity index (χ0n) is 11.8. The van der Waals surface area contributed by atoms with E-state index in [0.717, 1.165) is 11.3 Å². The molecular formula is C17H15N3O2. The van der Waals surface area contributed by atoms with Gasteiger partial charge in [0.2, 0.25) is 5.91 Å². The van der Waals surface area contributed by atoms with Gasteiger partial charge in [0.05, 0.1) is 12.6 Å². The lowest BCUT2D eigenvalue weighted by atomic mass is 10.2. The van der Waals surface area contributed by atoms with E-state index in [1.807, 2.05) is 35.0 Å². The van der Waals surface area contributed by atoms with Gasteiger partial charge in [-0.15, -0.1) is 0 Å². The SMILES string of the molecule is O=C(/C=C/c1ccco1)Nc1cccc(Cn2ccnc2)c1. The summed E-state index contributed by atoms with van der Waals surface area (Å²) in [5.41, 5.74) is 1.84. The number of carbonyl (C=O) groups excluding carboxylic acids is 1. The Morgan fingerprint density at radius 3 is 3.05 bits per heavy atom. The quantitative estimate of drug-likeness (QED) is 0.735. The van der Waals surface area contributed by atoms with Gasteiger partial charge in [-0.2, -0.15) is 0 Å². The highest BCUT2D eigenvalue weighted by atomic mass is 16.3. The third-order valence-electron chi connectivity index (χ3n) is 3.06. The van der Waals surface area contributed by atoms with E-state index in [1.54, 1.807) is 37.0 Å². The normalized spacial score (nSPS) is 10.9. The van der Waals surface area contributed by atoms with Crippen LogP contribution in [0.4, 0.5) is 5.69 Å². The van der Waals surface area contributed by atoms with Gasteiger partial charge < -0.3 is 14.3 Å². The number of carbonyl (C=O) groups is 1. The topological polar surface area (TPSA) is 60.1 Å². The highest BCUT2D eigenvalue weighted by Gasteiger charge is 2.01. The summed E-state index contributed by atoms with van der Waals surface area (Å²) in [6.45, 7) is 0.714. The molecule has 0 saturated carbocycles. The molecule has 0 saturated heterocycles. The Morgan fingerprint density at radius 1 is 1.32 bits per heavy atom. The first-order valence-corrected chi connectivity index (χ1v) is 6.87. The minimum atomic E-state index is -0.198. The molecule has 5 nitrogen and oxygen atoms in total. The van der Waals surface area contributed by atoms with Crippen LogP contribution in [0.15, 0.2) is 71.9 Å². The number of anilines is 1. The van der Waals surface area contributed by atoms with Crippen molar-refractivity contribution in [2.75, 3.05) is 5.32 Å². The zero-order valence-corrected chi connectivity index (χ0v) is 11.8. The third-order valence-corrected chi connectivity index (χ3v) is 3.06. The average molecular weight is 293 g/mol. The van der Waals surface area contributed by atoms with Crippen molar-refractivity contribution in [3.63, 3.8) is 0 Å². The Labute approximate surface area is 127 Å². The lowest BCUT2D eigenvalue weighted by molar-refractivity contribution is -0.111. The fraction of sp³-hybridized carbons (Fsp3) is 0.0588. The van der Waals surface area contributed by atoms with Crippen molar-refractivity contribution < 1.29 is 9.21 Å². The number of hydrogen-bond donors (Lipinski definition) is 1. The van der Waals surface area contributed by atoms with Crippen molar-refractivity contribution in [1.29, 1.82) is 0 Å². The first-order valence-electron chi connectivity index (χ1n) is 6.87. The van der Waals surface area contributed by atoms with Gasteiger partial charge in [-0.05, 0) is 35.9 Å². The smallest absolute Gasteiger partial charge is 0.248 e. The summed E-state index contributed by atoms with van der Waals surface area (Å²) in [6, 6.07) is 11.3. The van der Waals surface area contributed by atoms with E-state index in [1.165, 1.54) is 6.08 Å². The van der Waals surface area contributed by atoms with Crippen LogP contribution in [0, 0.1) is 0 Å². The summed E-state index contributed by atoms with van der Waals surface area (Å²) < 4.78 is 7.11. The average Bonchev–Trinajstić information content (AvgIpc) is 3.19. The molecule has 110 valence electrons. The molecule has 1 amide bonds. The van der Waals surface area contributed by atoms with Crippen molar-refractivity contribution in [2.24, 2.45) is 0 Å². The van der Waals surface area contributed by atoms with Crippen LogP contribution in [0.1, 0.15) is 11.3 Å². The van der Waals surface area contributed by atoms with Crippen molar-refractivity contribution in [3.05, 3.63) is 78.8 Å². The minimum absolute atomic E-state index is 0.198. The first-order chi connectivity index (χ1) is 10.8. The first kappa shape index (κ1) is 13.9. The second-order valence-electron chi connectivity index (χ2n) is 4.77. The number of amides is 1. The zero-order chi connectivity index (χ0) is 15.2. The summed E-state index contributed by atoms with van der Waals surface area (Å²) in [6.07, 6.45) is 10.0. The molecular weight excluding hydrogens is 278 g/mol. The fourth-order valence-corrected chi connectivity index (χ4v) is 2.07. The maximum Gasteiger partial charge on any atom is 0.248 e. The molecule has 0 aliphatic heterocycles. The molecule has 0 unspecified atom stereocenters. The van der Waals surface area contributed by atoms with Crippen LogP contribution in [0.25, 0.3) is 6.08 Å². The Hall–Kier alpha value is -3.08. The van der Waals surface area contributed by atoms with Gasteiger partial charge in [0, 0.05) is 30.7 Å². The van der Waals surface area contributed by atoms with Crippen molar-refractivity contribution in [1.82, 2.24) is 9.55 Å². The van der Waals surface area contributed by atoms with E-state index in [4.69, 9.17) is 4.42 Å². The lowest BCUT2D eigenvalue weighted by Gasteiger charge is -2.06. The molecule has 0 atom stereocenters. The Balaban J connectivity index is 1.63. The van der Waals surface area contributed by atoms with Crippen molar-refractivity contribution >= 4 is 17.7 Å². The van der Waals surface area contributed by atoms with E-state index in [0.29, 0.717) is 12.3 Å². The summed E-state index contributed by atoms with van der Waals surface area (Å²) in [5, 5.41) is 2.83. The highest BCUT2D eigenvalue weighted by Crippen LogP contribution is 2.12. The Kier molecular flexibility index (Phi) is 4.15. The van der Waals surface area contributed by atoms with Crippen LogP contribution in [0.5, 0.6) is 0 Å². The molecule has 0 aliphatic carbocycles. The van der Waals surface area contributed by atoms with Crippen LogP contribution in [0.3, 0.4) is 0 Å². The summed E-state index contributed by atoms with van der Waals surface area (Å²) in [7, 11) is 0. The standard InChI is InChI=1S/C17H15N3O2/c21-17(7-6-16-5-2-10-22-16)19-15-4-1-3-14(11-15)12-20-9-8-18-13-20/h1-11,13H,12H2,(H,19,21)/b7-6+. The summed E-state index contributed by atoms with van der Waals surface area (Å²) >= 11 is 0. The number of rotatable bonds is 5. The molecule has 5 heteroatoms. The predicted molar refractivity (Wildman–Crippen MR) is 84.1 cm³/mol. The maximum absolute atomic E-state index is 11.9. The van der Waals surface area contributed by atoms with Crippen LogP contribution in [0.2, 0.25) is 0 Å². The van der Waals surface area contributed by atoms with E-state index >= 15 is 0 Å². The summed E-state index contributed by atoms with van der Waals surface area (Å²) in [4.78, 5) is 15.9. The molecule has 0 radical (unpaired) electrons. The second-order valence-corrected chi connectivity index (χ2v) is 4.77. The van der Waals surface area contributed by atoms with Gasteiger partial charge in [0.1, 0.15) is 5.76 Å². The number of furan rings is 1. The molecule has 3 aromatic rings. The van der Waals surface area contributed by atoms with Gasteiger partial charge in [-0.3, -0.25) is 4.79 Å². The van der Waals surface area contributed by atoms with E-state index in [9.17, 15) is 4.79 Å². The predicted octanol–water partition coefficient (Wildman–Crippen LogP) is 3.18. The number of hydrogen-bond acceptors (Lipinski definition) is 3. The van der Waals surface area contributed by atoms with E-state index in [2.05, 4.69) is 10.3 Å². The van der Waals surface area contributed by atoms with Gasteiger partial charge in [0.25, 0.3) is 0 Å². The van der Waals surface area contributed by atoms with E-state index in [-0.39, 0.29) is 5.91 Å². The molecule has 0 aliphatic rings. The third kappa shape index (κ3) is 3.73. The lowest BCUT2D eigenvalue weighted by Crippen LogP contribution is -2.08. The number of nitrogens with one attached hydrogen (secondary N) is 1. The van der Waals surface area contributed by atoms with Crippen molar-refractivity contribution in [2.45, 2.75) is 6.54 Å². The Bertz CT molecular complexity index is 759. The number of benzene rings is 1. The molecule has 0 spiro atoms. The highest BCUT2D eigenvalue weighted by molar-refractivity contribution is 6.01. The molecule has 3 rings (SSSR count). The van der Waals surface area contributed by atoms with Crippen LogP contribution in [-0.2, 0) is 11.3 Å². The van der Waals surface area contributed by atoms with Gasteiger partial charge in [0.15, 0.2) is 0 Å². The molecule has 1 aromatic carbocycles. The maximum atomic E-state index is 11.9. The molecule has 2 aromatic heterocycles. The summed E-state index contributed by atoms with van der Waals surface area (Å²) in [5.74, 6) is 0.445. The van der Waals surface area contributed by atoms with E-state index < -0.39 is 0 Å². The van der Waals surface area contributed by atoms with Crippen LogP contribution >= 0.6 is 0 Å². The van der Waals surface area contributed by atoms with Crippen molar-refractivity contribution in [3.8, 4) is 0 Å². The minimum Gasteiger partial charge on any atom is -0.465 e. The largest absolute Gasteiger partial charge is 0.465 e.